The highest BCUT2D eigenvalue weighted by Gasteiger charge is 2.32. The van der Waals surface area contributed by atoms with Crippen LogP contribution in [0.4, 0.5) is 0 Å². The Morgan fingerprint density at radius 1 is 0.778 bits per heavy atom. The lowest BCUT2D eigenvalue weighted by atomic mass is 10.4. The quantitative estimate of drug-likeness (QED) is 0.728. The summed E-state index contributed by atoms with van der Waals surface area (Å²) in [5, 5.41) is 0. The average molecular weight is 303 g/mol. The highest BCUT2D eigenvalue weighted by atomic mass is 28.3. The van der Waals surface area contributed by atoms with Gasteiger partial charge in [0, 0.05) is 13.2 Å². The zero-order valence-corrected chi connectivity index (χ0v) is 16.7. The Labute approximate surface area is 122 Å². The van der Waals surface area contributed by atoms with Crippen molar-refractivity contribution in [3.63, 3.8) is 0 Å². The van der Waals surface area contributed by atoms with Gasteiger partial charge in [-0.15, -0.1) is 0 Å². The molecule has 3 nitrogen and oxygen atoms in total. The molecule has 1 fully saturated rings. The maximum atomic E-state index is 5.72. The fourth-order valence-corrected chi connectivity index (χ4v) is 9.90. The summed E-state index contributed by atoms with van der Waals surface area (Å²) in [6, 6.07) is 0. The van der Waals surface area contributed by atoms with Crippen molar-refractivity contribution in [1.29, 1.82) is 0 Å². The van der Waals surface area contributed by atoms with Gasteiger partial charge in [0.25, 0.3) is 0 Å². The first-order valence-corrected chi connectivity index (χ1v) is 15.4. The van der Waals surface area contributed by atoms with Gasteiger partial charge in [0.05, 0.1) is 16.5 Å². The molecule has 1 aliphatic heterocycles. The van der Waals surface area contributed by atoms with Crippen molar-refractivity contribution in [3.05, 3.63) is 0 Å². The van der Waals surface area contributed by atoms with E-state index in [0.717, 1.165) is 13.2 Å². The van der Waals surface area contributed by atoms with Crippen LogP contribution in [0.15, 0.2) is 0 Å². The van der Waals surface area contributed by atoms with Crippen LogP contribution in [0.3, 0.4) is 0 Å². The van der Waals surface area contributed by atoms with Crippen LogP contribution in [0.1, 0.15) is 12.8 Å². The van der Waals surface area contributed by atoms with Crippen molar-refractivity contribution in [3.8, 4) is 0 Å². The maximum Gasteiger partial charge on any atom is 0.448 e. The van der Waals surface area contributed by atoms with Crippen LogP contribution in [0.25, 0.3) is 0 Å². The molecule has 0 atom stereocenters. The van der Waals surface area contributed by atoms with Crippen molar-refractivity contribution in [2.75, 3.05) is 26.3 Å². The highest BCUT2D eigenvalue weighted by Crippen LogP contribution is 2.15. The van der Waals surface area contributed by atoms with E-state index in [2.05, 4.69) is 46.4 Å². The number of rotatable bonds is 2. The molecule has 6 heteroatoms. The lowest BCUT2D eigenvalue weighted by Crippen LogP contribution is -2.60. The third-order valence-electron chi connectivity index (χ3n) is 3.67. The number of ether oxygens (including phenoxy) is 1. The standard InChI is InChI=1S/C12H30N2OSi2.Al.H/c1-16(2,3)13-9-7-11-15-12-8-10-14-17(4,5)6;;/h7-12H2,1-6H3;;/q-2;+2;. The second kappa shape index (κ2) is 7.03. The van der Waals surface area contributed by atoms with Crippen molar-refractivity contribution in [2.24, 2.45) is 0 Å². The summed E-state index contributed by atoms with van der Waals surface area (Å²) < 4.78 is 11.5. The Bertz CT molecular complexity index is 229. The summed E-state index contributed by atoms with van der Waals surface area (Å²) in [5.74, 6) is 0. The van der Waals surface area contributed by atoms with E-state index < -0.39 is 16.5 Å². The molecular formula is C12H31AlN2OSi2. The van der Waals surface area contributed by atoms with Crippen LogP contribution < -0.4 is 0 Å². The van der Waals surface area contributed by atoms with Gasteiger partial charge in [0.2, 0.25) is 0 Å². The molecule has 106 valence electrons. The van der Waals surface area contributed by atoms with E-state index in [-0.39, 0.29) is 15.7 Å². The fourth-order valence-electron chi connectivity index (χ4n) is 2.26. The van der Waals surface area contributed by atoms with E-state index in [9.17, 15) is 0 Å². The smallest absolute Gasteiger partial charge is 0.397 e. The lowest BCUT2D eigenvalue weighted by molar-refractivity contribution is 0.123. The molecule has 0 bridgehead atoms. The Hall–Kier alpha value is 0.846. The number of hydrogen-bond donors (Lipinski definition) is 0. The second-order valence-electron chi connectivity index (χ2n) is 7.33. The summed E-state index contributed by atoms with van der Waals surface area (Å²) in [6.45, 7) is 19.4. The Morgan fingerprint density at radius 2 is 1.17 bits per heavy atom. The van der Waals surface area contributed by atoms with Gasteiger partial charge in [-0.25, -0.2) is 0 Å². The number of nitrogens with zero attached hydrogens (tertiary/aromatic N) is 2. The van der Waals surface area contributed by atoms with Gasteiger partial charge in [0.1, 0.15) is 0 Å². The highest BCUT2D eigenvalue weighted by molar-refractivity contribution is 6.83. The molecule has 1 rings (SSSR count). The predicted octanol–water partition coefficient (Wildman–Crippen LogP) is 2.34. The third-order valence-corrected chi connectivity index (χ3v) is 15.8. The van der Waals surface area contributed by atoms with E-state index >= 15 is 0 Å². The van der Waals surface area contributed by atoms with Crippen LogP contribution in [0.2, 0.25) is 39.3 Å². The summed E-state index contributed by atoms with van der Waals surface area (Å²) in [6.07, 6.45) is 2.44. The first kappa shape index (κ1) is 16.9. The molecule has 0 unspecified atom stereocenters. The van der Waals surface area contributed by atoms with E-state index in [1.54, 1.807) is 0 Å². The second-order valence-corrected chi connectivity index (χ2v) is 20.4. The molecule has 0 aromatic carbocycles. The van der Waals surface area contributed by atoms with Gasteiger partial charge in [-0.3, -0.25) is 0 Å². The van der Waals surface area contributed by atoms with Gasteiger partial charge < -0.3 is 11.8 Å². The Kier molecular flexibility index (Phi) is 6.60. The monoisotopic (exact) mass is 302 g/mol. The summed E-state index contributed by atoms with van der Waals surface area (Å²) in [5.41, 5.74) is 0. The molecule has 1 heterocycles. The van der Waals surface area contributed by atoms with Gasteiger partial charge in [0.15, 0.2) is 0 Å². The van der Waals surface area contributed by atoms with Crippen molar-refractivity contribution in [1.82, 2.24) is 7.10 Å². The topological polar surface area (TPSA) is 15.7 Å². The molecule has 18 heavy (non-hydrogen) atoms. The van der Waals surface area contributed by atoms with E-state index in [1.165, 1.54) is 25.9 Å². The zero-order chi connectivity index (χ0) is 13.8. The average Bonchev–Trinajstić information content (AvgIpc) is 2.22. The first-order chi connectivity index (χ1) is 8.21. The minimum atomic E-state index is -1.15. The SMILES string of the molecule is C[Si](C)(C)[N]1CCCOCCC[N]([Si](C)(C)C)[AlH]1. The van der Waals surface area contributed by atoms with Gasteiger partial charge >= 0.3 is 15.7 Å². The van der Waals surface area contributed by atoms with Crippen LogP contribution >= 0.6 is 0 Å². The zero-order valence-electron chi connectivity index (χ0n) is 13.3. The van der Waals surface area contributed by atoms with Crippen LogP contribution in [0.5, 0.6) is 0 Å². The molecule has 1 aliphatic rings. The van der Waals surface area contributed by atoms with Crippen molar-refractivity contribution >= 4 is 32.1 Å². The van der Waals surface area contributed by atoms with Gasteiger partial charge in [-0.2, -0.15) is 0 Å². The molecule has 0 aromatic rings. The molecule has 0 N–H and O–H groups in total. The number of hydrogen-bond acceptors (Lipinski definition) is 3. The largest absolute Gasteiger partial charge is 0.448 e. The summed E-state index contributed by atoms with van der Waals surface area (Å²) >= 11 is -0.232. The normalized spacial score (nSPS) is 22.6. The third kappa shape index (κ3) is 5.87. The fraction of sp³-hybridized carbons (Fsp3) is 1.00. The van der Waals surface area contributed by atoms with Gasteiger partial charge in [-0.05, 0) is 25.9 Å². The van der Waals surface area contributed by atoms with Crippen LogP contribution in [0, 0.1) is 0 Å². The minimum absolute atomic E-state index is 0.232. The summed E-state index contributed by atoms with van der Waals surface area (Å²) in [4.78, 5) is 0. The molecular weight excluding hydrogens is 271 g/mol. The van der Waals surface area contributed by atoms with E-state index in [0.29, 0.717) is 0 Å². The maximum absolute atomic E-state index is 5.72. The summed E-state index contributed by atoms with van der Waals surface area (Å²) in [7, 11) is -2.30. The molecule has 0 aromatic heterocycles. The predicted molar refractivity (Wildman–Crippen MR) is 87.3 cm³/mol. The van der Waals surface area contributed by atoms with Crippen LogP contribution in [-0.4, -0.2) is 65.5 Å². The molecule has 0 spiro atoms. The minimum Gasteiger partial charge on any atom is -0.397 e. The lowest BCUT2D eigenvalue weighted by Gasteiger charge is -2.43. The van der Waals surface area contributed by atoms with E-state index in [1.807, 2.05) is 0 Å². The van der Waals surface area contributed by atoms with Crippen molar-refractivity contribution in [2.45, 2.75) is 52.1 Å². The molecule has 0 amide bonds. The van der Waals surface area contributed by atoms with E-state index in [4.69, 9.17) is 4.74 Å². The molecule has 0 aliphatic carbocycles. The molecule has 0 saturated carbocycles. The molecule has 1 saturated heterocycles. The molecule has 0 radical (unpaired) electrons. The van der Waals surface area contributed by atoms with Crippen molar-refractivity contribution < 1.29 is 4.74 Å². The first-order valence-electron chi connectivity index (χ1n) is 7.29. The van der Waals surface area contributed by atoms with Crippen LogP contribution in [-0.2, 0) is 4.74 Å². The Balaban J connectivity index is 2.75. The Morgan fingerprint density at radius 3 is 1.50 bits per heavy atom. The van der Waals surface area contributed by atoms with Gasteiger partial charge in [-0.1, -0.05) is 39.3 Å².